The number of amides is 1. The Morgan fingerprint density at radius 2 is 1.71 bits per heavy atom. The number of carbonyl (C=O) groups excluding carboxylic acids is 1. The van der Waals surface area contributed by atoms with Crippen LogP contribution in [-0.4, -0.2) is 43.2 Å². The van der Waals surface area contributed by atoms with Crippen LogP contribution in [0.2, 0.25) is 5.02 Å². The number of hydrogen-bond donors (Lipinski definition) is 0. The van der Waals surface area contributed by atoms with E-state index in [1.807, 2.05) is 24.3 Å². The molecule has 3 aromatic rings. The first-order valence-corrected chi connectivity index (χ1v) is 15.4. The quantitative estimate of drug-likeness (QED) is 0.303. The molecule has 1 amide bonds. The van der Waals surface area contributed by atoms with E-state index in [4.69, 9.17) is 11.6 Å². The maximum Gasteiger partial charge on any atom is 0.254 e. The topological polar surface area (TPSA) is 57.7 Å². The summed E-state index contributed by atoms with van der Waals surface area (Å²) in [5.41, 5.74) is 2.23. The third-order valence-corrected chi connectivity index (χ3v) is 10.4. The van der Waals surface area contributed by atoms with E-state index in [0.717, 1.165) is 25.7 Å². The minimum absolute atomic E-state index is 0.0456. The Bertz CT molecular complexity index is 1410. The van der Waals surface area contributed by atoms with E-state index in [1.54, 1.807) is 11.0 Å². The van der Waals surface area contributed by atoms with Crippen molar-refractivity contribution in [2.45, 2.75) is 43.0 Å². The normalized spacial score (nSPS) is 19.1. The number of hydrogen-bond acceptors (Lipinski definition) is 3. The molecule has 0 bridgehead atoms. The Balaban J connectivity index is 1.33. The molecule has 38 heavy (non-hydrogen) atoms. The molecule has 2 heterocycles. The van der Waals surface area contributed by atoms with Crippen molar-refractivity contribution in [1.82, 2.24) is 9.21 Å². The number of carbonyl (C=O) groups is 1. The second-order valence-corrected chi connectivity index (χ2v) is 13.3. The predicted molar refractivity (Wildman–Crippen MR) is 150 cm³/mol. The van der Waals surface area contributed by atoms with Crippen LogP contribution in [0.15, 0.2) is 76.1 Å². The molecular weight excluding hydrogens is 591 g/mol. The van der Waals surface area contributed by atoms with Gasteiger partial charge in [-0.2, -0.15) is 4.31 Å². The monoisotopic (exact) mass is 618 g/mol. The molecule has 2 aliphatic rings. The van der Waals surface area contributed by atoms with Crippen molar-refractivity contribution >= 4 is 43.5 Å². The number of piperidine rings is 1. The third-order valence-electron chi connectivity index (χ3n) is 7.52. The van der Waals surface area contributed by atoms with E-state index >= 15 is 0 Å². The molecule has 5 nitrogen and oxygen atoms in total. The Morgan fingerprint density at radius 1 is 0.974 bits per heavy atom. The highest BCUT2D eigenvalue weighted by Crippen LogP contribution is 2.36. The molecule has 3 aromatic carbocycles. The van der Waals surface area contributed by atoms with Gasteiger partial charge in [-0.05, 0) is 85.5 Å². The minimum Gasteiger partial charge on any atom is -0.332 e. The van der Waals surface area contributed by atoms with E-state index < -0.39 is 10.0 Å². The molecule has 0 spiro atoms. The van der Waals surface area contributed by atoms with Gasteiger partial charge in [0.1, 0.15) is 10.7 Å². The van der Waals surface area contributed by atoms with Crippen LogP contribution in [0.5, 0.6) is 0 Å². The molecule has 1 atom stereocenters. The van der Waals surface area contributed by atoms with E-state index in [2.05, 4.69) is 28.1 Å². The first kappa shape index (κ1) is 27.3. The average molecular weight is 620 g/mol. The Hall–Kier alpha value is -2.26. The van der Waals surface area contributed by atoms with Gasteiger partial charge in [-0.25, -0.2) is 12.8 Å². The highest BCUT2D eigenvalue weighted by molar-refractivity contribution is 9.10. The number of halogens is 3. The summed E-state index contributed by atoms with van der Waals surface area (Å²) in [6.07, 6.45) is 3.95. The van der Waals surface area contributed by atoms with E-state index in [-0.39, 0.29) is 33.2 Å². The van der Waals surface area contributed by atoms with Crippen LogP contribution in [0.4, 0.5) is 4.39 Å². The van der Waals surface area contributed by atoms with E-state index in [0.29, 0.717) is 42.0 Å². The van der Waals surface area contributed by atoms with Crippen molar-refractivity contribution in [3.05, 3.63) is 98.7 Å². The van der Waals surface area contributed by atoms with Crippen LogP contribution in [0.3, 0.4) is 0 Å². The van der Waals surface area contributed by atoms with Crippen molar-refractivity contribution in [2.75, 3.05) is 19.6 Å². The summed E-state index contributed by atoms with van der Waals surface area (Å²) in [4.78, 5) is 15.2. The summed E-state index contributed by atoms with van der Waals surface area (Å²) in [6.45, 7) is 1.34. The number of nitrogens with zero attached hydrogens (tertiary/aromatic N) is 2. The molecule has 2 saturated heterocycles. The molecule has 0 saturated carbocycles. The standard InChI is InChI=1S/C29H29BrClFN2O3S/c30-24-16-23(17-25(32)19-24)27-7-4-12-34(27)29(35)22-8-9-26(31)28(18-22)38(36,37)33-13-10-21(11-14-33)15-20-5-2-1-3-6-20/h1-3,5-6,8-9,16-19,21,27H,4,7,10-15H2. The van der Waals surface area contributed by atoms with Crippen LogP contribution < -0.4 is 0 Å². The van der Waals surface area contributed by atoms with Crippen LogP contribution in [0, 0.1) is 11.7 Å². The zero-order chi connectivity index (χ0) is 26.9. The SMILES string of the molecule is O=C(c1ccc(Cl)c(S(=O)(=O)N2CCC(Cc3ccccc3)CC2)c1)N1CCCC1c1cc(F)cc(Br)c1. The van der Waals surface area contributed by atoms with Crippen molar-refractivity contribution in [1.29, 1.82) is 0 Å². The van der Waals surface area contributed by atoms with Crippen LogP contribution in [0.1, 0.15) is 53.2 Å². The number of benzene rings is 3. The fraction of sp³-hybridized carbons (Fsp3) is 0.345. The number of rotatable bonds is 6. The van der Waals surface area contributed by atoms with Gasteiger partial charge in [0.25, 0.3) is 5.91 Å². The largest absolute Gasteiger partial charge is 0.332 e. The summed E-state index contributed by atoms with van der Waals surface area (Å²) in [5, 5.41) is 0.0972. The van der Waals surface area contributed by atoms with Gasteiger partial charge in [-0.3, -0.25) is 4.79 Å². The number of likely N-dealkylation sites (tertiary alicyclic amines) is 1. The summed E-state index contributed by atoms with van der Waals surface area (Å²) in [6, 6.07) is 19.0. The van der Waals surface area contributed by atoms with E-state index in [1.165, 1.54) is 34.1 Å². The molecule has 0 aliphatic carbocycles. The maximum absolute atomic E-state index is 14.1. The first-order valence-electron chi connectivity index (χ1n) is 12.8. The smallest absolute Gasteiger partial charge is 0.254 e. The summed E-state index contributed by atoms with van der Waals surface area (Å²) in [7, 11) is -3.87. The van der Waals surface area contributed by atoms with Crippen molar-refractivity contribution in [3.63, 3.8) is 0 Å². The summed E-state index contributed by atoms with van der Waals surface area (Å²) in [5.74, 6) is -0.245. The second-order valence-electron chi connectivity index (χ2n) is 10.0. The molecule has 2 aliphatic heterocycles. The van der Waals surface area contributed by atoms with E-state index in [9.17, 15) is 17.6 Å². The van der Waals surface area contributed by atoms with Gasteiger partial charge in [0.2, 0.25) is 10.0 Å². The van der Waals surface area contributed by atoms with Crippen LogP contribution in [-0.2, 0) is 16.4 Å². The predicted octanol–water partition coefficient (Wildman–Crippen LogP) is 6.86. The highest BCUT2D eigenvalue weighted by atomic mass is 79.9. The third kappa shape index (κ3) is 5.83. The van der Waals surface area contributed by atoms with Crippen LogP contribution in [0.25, 0.3) is 0 Å². The van der Waals surface area contributed by atoms with Crippen molar-refractivity contribution in [2.24, 2.45) is 5.92 Å². The second kappa shape index (κ2) is 11.5. The molecule has 2 fully saturated rings. The summed E-state index contributed by atoms with van der Waals surface area (Å²) >= 11 is 9.71. The molecular formula is C29H29BrClFN2O3S. The zero-order valence-corrected chi connectivity index (χ0v) is 24.0. The van der Waals surface area contributed by atoms with Gasteiger partial charge in [0, 0.05) is 29.7 Å². The fourth-order valence-corrected chi connectivity index (χ4v) is 8.02. The first-order chi connectivity index (χ1) is 18.2. The molecule has 0 radical (unpaired) electrons. The van der Waals surface area contributed by atoms with Crippen LogP contribution >= 0.6 is 27.5 Å². The summed E-state index contributed by atoms with van der Waals surface area (Å²) < 4.78 is 43.3. The maximum atomic E-state index is 14.1. The molecule has 5 rings (SSSR count). The fourth-order valence-electron chi connectivity index (χ4n) is 5.56. The Morgan fingerprint density at radius 3 is 2.42 bits per heavy atom. The minimum atomic E-state index is -3.87. The van der Waals surface area contributed by atoms with Gasteiger partial charge in [-0.15, -0.1) is 0 Å². The van der Waals surface area contributed by atoms with Gasteiger partial charge in [0.05, 0.1) is 11.1 Å². The van der Waals surface area contributed by atoms with Gasteiger partial charge < -0.3 is 4.90 Å². The lowest BCUT2D eigenvalue weighted by Crippen LogP contribution is -2.39. The highest BCUT2D eigenvalue weighted by Gasteiger charge is 2.34. The zero-order valence-electron chi connectivity index (χ0n) is 20.8. The number of sulfonamides is 1. The average Bonchev–Trinajstić information content (AvgIpc) is 3.39. The lowest BCUT2D eigenvalue weighted by molar-refractivity contribution is 0.0735. The molecule has 0 N–H and O–H groups in total. The Labute approximate surface area is 236 Å². The molecule has 9 heteroatoms. The van der Waals surface area contributed by atoms with Crippen molar-refractivity contribution < 1.29 is 17.6 Å². The lowest BCUT2D eigenvalue weighted by atomic mass is 9.91. The van der Waals surface area contributed by atoms with Gasteiger partial charge in [-0.1, -0.05) is 57.9 Å². The van der Waals surface area contributed by atoms with Gasteiger partial charge in [0.15, 0.2) is 0 Å². The Kier molecular flexibility index (Phi) is 8.24. The lowest BCUT2D eigenvalue weighted by Gasteiger charge is -2.31. The molecule has 0 aromatic heterocycles. The molecule has 200 valence electrons. The molecule has 1 unspecified atom stereocenters. The van der Waals surface area contributed by atoms with Gasteiger partial charge >= 0.3 is 0 Å². The van der Waals surface area contributed by atoms with Crippen molar-refractivity contribution in [3.8, 4) is 0 Å².